The van der Waals surface area contributed by atoms with Gasteiger partial charge in [0.15, 0.2) is 17.3 Å². The van der Waals surface area contributed by atoms with Crippen LogP contribution in [0.2, 0.25) is 0 Å². The molecule has 34 heavy (non-hydrogen) atoms. The number of hydrogen-bond acceptors (Lipinski definition) is 8. The highest BCUT2D eigenvalue weighted by molar-refractivity contribution is 8.25. The average Bonchev–Trinajstić information content (AvgIpc) is 2.94. The maximum atomic E-state index is 13.1. The van der Waals surface area contributed by atoms with E-state index >= 15 is 0 Å². The molecule has 4 N–H and O–H groups in total. The van der Waals surface area contributed by atoms with Gasteiger partial charge in [0.1, 0.15) is 17.9 Å². The number of aromatic hydroxyl groups is 1. The van der Waals surface area contributed by atoms with Gasteiger partial charge in [-0.2, -0.15) is 0 Å². The van der Waals surface area contributed by atoms with Gasteiger partial charge in [-0.15, -0.1) is 10.8 Å². The highest BCUT2D eigenvalue weighted by atomic mass is 32.3. The zero-order chi connectivity index (χ0) is 24.5. The van der Waals surface area contributed by atoms with Crippen LogP contribution in [0.1, 0.15) is 23.0 Å². The van der Waals surface area contributed by atoms with Crippen molar-refractivity contribution in [2.45, 2.75) is 13.5 Å². The average molecular weight is 490 g/mol. The van der Waals surface area contributed by atoms with Crippen LogP contribution in [0.15, 0.2) is 42.6 Å². The molecule has 180 valence electrons. The highest BCUT2D eigenvalue weighted by Crippen LogP contribution is 2.49. The first-order valence-electron chi connectivity index (χ1n) is 10.5. The summed E-state index contributed by atoms with van der Waals surface area (Å²) in [5.41, 5.74) is 0.265. The number of rotatable bonds is 5. The molecule has 0 bridgehead atoms. The van der Waals surface area contributed by atoms with Crippen molar-refractivity contribution in [2.75, 3.05) is 29.7 Å². The molecule has 1 saturated heterocycles. The number of aromatic nitrogens is 2. The molecule has 3 aromatic rings. The van der Waals surface area contributed by atoms with Gasteiger partial charge in [-0.25, -0.2) is 13.7 Å². The predicted molar refractivity (Wildman–Crippen MR) is 126 cm³/mol. The summed E-state index contributed by atoms with van der Waals surface area (Å²) in [4.78, 5) is 35.5. The van der Waals surface area contributed by atoms with Crippen LogP contribution in [0.3, 0.4) is 0 Å². The third-order valence-corrected chi connectivity index (χ3v) is 7.27. The molecule has 2 amide bonds. The minimum atomic E-state index is -3.46. The van der Waals surface area contributed by atoms with Crippen molar-refractivity contribution in [3.8, 4) is 5.75 Å². The number of pyridine rings is 2. The Labute approximate surface area is 196 Å². The summed E-state index contributed by atoms with van der Waals surface area (Å²) >= 11 is 0. The van der Waals surface area contributed by atoms with Crippen molar-refractivity contribution in [1.82, 2.24) is 20.2 Å². The number of halogens is 1. The second-order valence-electron chi connectivity index (χ2n) is 7.69. The minimum absolute atomic E-state index is 0.0266. The predicted octanol–water partition coefficient (Wildman–Crippen LogP) is 2.74. The summed E-state index contributed by atoms with van der Waals surface area (Å²) < 4.78 is 35.9. The number of benzene rings is 1. The summed E-state index contributed by atoms with van der Waals surface area (Å²) in [6.07, 6.45) is 1.41. The lowest BCUT2D eigenvalue weighted by atomic mass is 10.1. The van der Waals surface area contributed by atoms with Gasteiger partial charge in [0.2, 0.25) is 5.91 Å². The SMILES string of the molecule is CCN1CCS(O)(O)N(c2nc(C(=O)NCc3ccc(F)cc3)c(O)c3ncccc23)CC1=O. The van der Waals surface area contributed by atoms with Gasteiger partial charge < -0.3 is 15.3 Å². The van der Waals surface area contributed by atoms with Crippen LogP contribution >= 0.6 is 10.8 Å². The number of amides is 2. The molecular weight excluding hydrogens is 465 g/mol. The minimum Gasteiger partial charge on any atom is -0.504 e. The van der Waals surface area contributed by atoms with E-state index in [1.54, 1.807) is 19.1 Å². The quantitative estimate of drug-likeness (QED) is 0.429. The summed E-state index contributed by atoms with van der Waals surface area (Å²) in [6, 6.07) is 8.67. The van der Waals surface area contributed by atoms with Gasteiger partial charge >= 0.3 is 0 Å². The van der Waals surface area contributed by atoms with Gasteiger partial charge in [-0.1, -0.05) is 12.1 Å². The second kappa shape index (κ2) is 9.41. The van der Waals surface area contributed by atoms with Crippen LogP contribution in [0.5, 0.6) is 5.75 Å². The fourth-order valence-electron chi connectivity index (χ4n) is 3.66. The van der Waals surface area contributed by atoms with Crippen LogP contribution in [0.25, 0.3) is 10.9 Å². The second-order valence-corrected chi connectivity index (χ2v) is 9.80. The standard InChI is InChI=1S/C22H24FN5O5S/c1-2-27-10-11-34(32,33)28(13-17(27)29)21-16-4-3-9-24-18(16)20(30)19(26-21)22(31)25-12-14-5-7-15(23)8-6-14/h3-9,30,32-33H,2,10-13H2,1H3,(H,25,31). The van der Waals surface area contributed by atoms with Gasteiger partial charge in [-0.3, -0.25) is 23.7 Å². The first-order chi connectivity index (χ1) is 16.2. The van der Waals surface area contributed by atoms with E-state index in [2.05, 4.69) is 15.3 Å². The van der Waals surface area contributed by atoms with Crippen molar-refractivity contribution in [1.29, 1.82) is 0 Å². The maximum absolute atomic E-state index is 13.1. The molecule has 3 heterocycles. The zero-order valence-corrected chi connectivity index (χ0v) is 19.1. The van der Waals surface area contributed by atoms with Crippen LogP contribution in [0, 0.1) is 5.82 Å². The van der Waals surface area contributed by atoms with Gasteiger partial charge in [0.25, 0.3) is 5.91 Å². The fraction of sp³-hybridized carbons (Fsp3) is 0.273. The Morgan fingerprint density at radius 3 is 2.68 bits per heavy atom. The van der Waals surface area contributed by atoms with E-state index in [-0.39, 0.29) is 53.7 Å². The van der Waals surface area contributed by atoms with E-state index < -0.39 is 28.2 Å². The van der Waals surface area contributed by atoms with Crippen molar-refractivity contribution in [3.63, 3.8) is 0 Å². The molecule has 1 aliphatic rings. The number of fused-ring (bicyclic) bond motifs is 1. The normalized spacial score (nSPS) is 16.9. The van der Waals surface area contributed by atoms with E-state index in [1.165, 1.54) is 35.4 Å². The molecule has 0 saturated carbocycles. The molecule has 0 atom stereocenters. The molecular formula is C22H24FN5O5S. The van der Waals surface area contributed by atoms with Crippen LogP contribution in [-0.4, -0.2) is 66.3 Å². The molecule has 0 spiro atoms. The maximum Gasteiger partial charge on any atom is 0.274 e. The number of carbonyl (C=O) groups excluding carboxylic acids is 2. The molecule has 2 aromatic heterocycles. The first kappa shape index (κ1) is 23.7. The summed E-state index contributed by atoms with van der Waals surface area (Å²) in [5.74, 6) is -2.10. The molecule has 1 aliphatic heterocycles. The number of anilines is 1. The lowest BCUT2D eigenvalue weighted by molar-refractivity contribution is -0.128. The Morgan fingerprint density at radius 2 is 1.97 bits per heavy atom. The van der Waals surface area contributed by atoms with E-state index in [4.69, 9.17) is 0 Å². The van der Waals surface area contributed by atoms with Crippen molar-refractivity contribution >= 4 is 39.3 Å². The molecule has 1 fully saturated rings. The summed E-state index contributed by atoms with van der Waals surface area (Å²) in [6.45, 7) is 2.03. The lowest BCUT2D eigenvalue weighted by Gasteiger charge is -2.41. The number of likely N-dealkylation sites (N-methyl/N-ethyl adjacent to an activating group) is 1. The summed E-state index contributed by atoms with van der Waals surface area (Å²) in [7, 11) is -3.46. The zero-order valence-electron chi connectivity index (χ0n) is 18.3. The number of hydrogen-bond donors (Lipinski definition) is 4. The Bertz CT molecular complexity index is 1240. The van der Waals surface area contributed by atoms with Crippen molar-refractivity contribution < 1.29 is 28.2 Å². The third kappa shape index (κ3) is 4.60. The van der Waals surface area contributed by atoms with E-state index in [9.17, 15) is 28.2 Å². The first-order valence-corrected chi connectivity index (χ1v) is 12.2. The van der Waals surface area contributed by atoms with Crippen LogP contribution in [0.4, 0.5) is 10.2 Å². The Balaban J connectivity index is 1.75. The van der Waals surface area contributed by atoms with E-state index in [1.807, 2.05) is 0 Å². The van der Waals surface area contributed by atoms with Gasteiger partial charge in [-0.05, 0) is 36.8 Å². The van der Waals surface area contributed by atoms with Crippen LogP contribution in [-0.2, 0) is 11.3 Å². The van der Waals surface area contributed by atoms with Gasteiger partial charge in [0.05, 0.1) is 5.75 Å². The molecule has 1 aromatic carbocycles. The molecule has 0 unspecified atom stereocenters. The Morgan fingerprint density at radius 1 is 1.24 bits per heavy atom. The highest BCUT2D eigenvalue weighted by Gasteiger charge is 2.35. The van der Waals surface area contributed by atoms with E-state index in [0.29, 0.717) is 12.1 Å². The number of nitrogens with zero attached hydrogens (tertiary/aromatic N) is 4. The molecule has 4 rings (SSSR count). The largest absolute Gasteiger partial charge is 0.504 e. The monoisotopic (exact) mass is 489 g/mol. The van der Waals surface area contributed by atoms with Crippen LogP contribution < -0.4 is 9.62 Å². The van der Waals surface area contributed by atoms with E-state index in [0.717, 1.165) is 4.31 Å². The molecule has 12 heteroatoms. The molecule has 0 radical (unpaired) electrons. The van der Waals surface area contributed by atoms with Crippen molar-refractivity contribution in [3.05, 3.63) is 59.7 Å². The Kier molecular flexibility index (Phi) is 6.55. The topological polar surface area (TPSA) is 139 Å². The van der Waals surface area contributed by atoms with Gasteiger partial charge in [0, 0.05) is 31.2 Å². The fourth-order valence-corrected chi connectivity index (χ4v) is 5.08. The smallest absolute Gasteiger partial charge is 0.274 e. The molecule has 10 nitrogen and oxygen atoms in total. The Hall–Kier alpha value is -3.48. The lowest BCUT2D eigenvalue weighted by Crippen LogP contribution is -2.37. The number of nitrogens with one attached hydrogen (secondary N) is 1. The molecule has 0 aliphatic carbocycles. The third-order valence-electron chi connectivity index (χ3n) is 5.53. The summed E-state index contributed by atoms with van der Waals surface area (Å²) in [5, 5.41) is 13.6. The number of carbonyl (C=O) groups is 2. The van der Waals surface area contributed by atoms with Crippen molar-refractivity contribution in [2.24, 2.45) is 0 Å².